The van der Waals surface area contributed by atoms with Crippen molar-refractivity contribution in [2.75, 3.05) is 37.6 Å². The van der Waals surface area contributed by atoms with Gasteiger partial charge in [0.2, 0.25) is 15.9 Å². The van der Waals surface area contributed by atoms with Crippen LogP contribution in [0.5, 0.6) is 0 Å². The van der Waals surface area contributed by atoms with Gasteiger partial charge in [0.25, 0.3) is 0 Å². The Balaban J connectivity index is 0.00000225. The molecule has 1 atom stereocenters. The van der Waals surface area contributed by atoms with Gasteiger partial charge in [0.15, 0.2) is 0 Å². The van der Waals surface area contributed by atoms with E-state index in [1.165, 1.54) is 4.31 Å². The molecular formula is C17H26ClN3O3S. The molecule has 1 saturated heterocycles. The number of sulfonamides is 1. The number of benzene rings is 1. The average Bonchev–Trinajstić information content (AvgIpc) is 3.24. The van der Waals surface area contributed by atoms with E-state index in [4.69, 9.17) is 0 Å². The van der Waals surface area contributed by atoms with Crippen LogP contribution in [0.2, 0.25) is 0 Å². The van der Waals surface area contributed by atoms with E-state index in [2.05, 4.69) is 5.32 Å². The summed E-state index contributed by atoms with van der Waals surface area (Å²) in [4.78, 5) is 14.8. The Kier molecular flexibility index (Phi) is 6.48. The zero-order chi connectivity index (χ0) is 17.3. The van der Waals surface area contributed by atoms with Gasteiger partial charge < -0.3 is 10.2 Å². The first-order valence-corrected chi connectivity index (χ1v) is 10.1. The summed E-state index contributed by atoms with van der Waals surface area (Å²) in [6.45, 7) is 6.84. The Morgan fingerprint density at radius 2 is 2.04 bits per heavy atom. The lowest BCUT2D eigenvalue weighted by Gasteiger charge is -2.22. The van der Waals surface area contributed by atoms with Crippen molar-refractivity contribution in [2.24, 2.45) is 5.92 Å². The molecule has 140 valence electrons. The molecule has 1 N–H and O–H groups in total. The lowest BCUT2D eigenvalue weighted by atomic mass is 10.1. The molecule has 6 nitrogen and oxygen atoms in total. The fourth-order valence-corrected chi connectivity index (χ4v) is 5.08. The van der Waals surface area contributed by atoms with E-state index in [9.17, 15) is 13.2 Å². The van der Waals surface area contributed by atoms with Gasteiger partial charge in [-0.15, -0.1) is 12.4 Å². The van der Waals surface area contributed by atoms with Gasteiger partial charge in [-0.1, -0.05) is 13.8 Å². The van der Waals surface area contributed by atoms with Crippen molar-refractivity contribution in [1.29, 1.82) is 0 Å². The molecule has 0 radical (unpaired) electrons. The summed E-state index contributed by atoms with van der Waals surface area (Å²) in [6, 6.07) is 5.16. The second-order valence-electron chi connectivity index (χ2n) is 6.31. The fraction of sp³-hybridized carbons (Fsp3) is 0.588. The Labute approximate surface area is 156 Å². The predicted molar refractivity (Wildman–Crippen MR) is 101 cm³/mol. The zero-order valence-corrected chi connectivity index (χ0v) is 16.3. The van der Waals surface area contributed by atoms with E-state index < -0.39 is 10.0 Å². The summed E-state index contributed by atoms with van der Waals surface area (Å²) in [5.74, 6) is 0.188. The molecule has 8 heteroatoms. The number of anilines is 1. The molecule has 2 heterocycles. The van der Waals surface area contributed by atoms with E-state index in [-0.39, 0.29) is 24.2 Å². The first kappa shape index (κ1) is 20.2. The third-order valence-electron chi connectivity index (χ3n) is 4.97. The van der Waals surface area contributed by atoms with Crippen molar-refractivity contribution >= 4 is 34.0 Å². The maximum absolute atomic E-state index is 12.7. The highest BCUT2D eigenvalue weighted by Crippen LogP contribution is 2.32. The van der Waals surface area contributed by atoms with E-state index in [0.29, 0.717) is 31.0 Å². The molecule has 1 aromatic rings. The van der Waals surface area contributed by atoms with Gasteiger partial charge in [-0.05, 0) is 43.1 Å². The number of carbonyl (C=O) groups is 1. The predicted octanol–water partition coefficient (Wildman–Crippen LogP) is 1.64. The number of halogens is 1. The Hall–Kier alpha value is -1.15. The van der Waals surface area contributed by atoms with Crippen molar-refractivity contribution in [3.05, 3.63) is 23.8 Å². The van der Waals surface area contributed by atoms with E-state index in [0.717, 1.165) is 30.8 Å². The van der Waals surface area contributed by atoms with Crippen LogP contribution in [0.15, 0.2) is 23.1 Å². The third-order valence-corrected chi connectivity index (χ3v) is 7.01. The van der Waals surface area contributed by atoms with Crippen molar-refractivity contribution in [1.82, 2.24) is 9.62 Å². The van der Waals surface area contributed by atoms with Crippen LogP contribution in [0.3, 0.4) is 0 Å². The van der Waals surface area contributed by atoms with Crippen molar-refractivity contribution in [2.45, 2.75) is 31.6 Å². The van der Waals surface area contributed by atoms with Crippen LogP contribution in [-0.4, -0.2) is 51.4 Å². The Bertz CT molecular complexity index is 729. The van der Waals surface area contributed by atoms with Gasteiger partial charge >= 0.3 is 0 Å². The SMILES string of the molecule is CCN(CC)S(=O)(=O)c1ccc2c(c1)CCN2C(=O)C1CCNC1.Cl. The van der Waals surface area contributed by atoms with Gasteiger partial charge in [-0.3, -0.25) is 4.79 Å². The molecule has 1 unspecified atom stereocenters. The zero-order valence-electron chi connectivity index (χ0n) is 14.7. The van der Waals surface area contributed by atoms with Crippen LogP contribution >= 0.6 is 12.4 Å². The van der Waals surface area contributed by atoms with Gasteiger partial charge in [-0.25, -0.2) is 8.42 Å². The molecule has 0 saturated carbocycles. The highest BCUT2D eigenvalue weighted by molar-refractivity contribution is 7.89. The van der Waals surface area contributed by atoms with Gasteiger partial charge in [-0.2, -0.15) is 4.31 Å². The molecule has 1 amide bonds. The van der Waals surface area contributed by atoms with Crippen LogP contribution in [0.4, 0.5) is 5.69 Å². The summed E-state index contributed by atoms with van der Waals surface area (Å²) in [5, 5.41) is 3.22. The molecule has 1 fully saturated rings. The number of nitrogens with one attached hydrogen (secondary N) is 1. The number of amides is 1. The summed E-state index contributed by atoms with van der Waals surface area (Å²) in [7, 11) is -3.46. The molecule has 0 aliphatic carbocycles. The normalized spacial score (nSPS) is 19.8. The summed E-state index contributed by atoms with van der Waals surface area (Å²) >= 11 is 0. The maximum Gasteiger partial charge on any atom is 0.243 e. The summed E-state index contributed by atoms with van der Waals surface area (Å²) < 4.78 is 26.8. The van der Waals surface area contributed by atoms with Gasteiger partial charge in [0, 0.05) is 31.9 Å². The van der Waals surface area contributed by atoms with Crippen LogP contribution in [0, 0.1) is 5.92 Å². The molecule has 2 aliphatic rings. The number of carbonyl (C=O) groups excluding carboxylic acids is 1. The topological polar surface area (TPSA) is 69.7 Å². The van der Waals surface area contributed by atoms with Crippen molar-refractivity contribution < 1.29 is 13.2 Å². The number of hydrogen-bond donors (Lipinski definition) is 1. The van der Waals surface area contributed by atoms with Gasteiger partial charge in [0.1, 0.15) is 0 Å². The maximum atomic E-state index is 12.7. The monoisotopic (exact) mass is 387 g/mol. The standard InChI is InChI=1S/C17H25N3O3S.ClH/c1-3-19(4-2)24(22,23)15-5-6-16-13(11-15)8-10-20(16)17(21)14-7-9-18-12-14;/h5-6,11,14,18H,3-4,7-10,12H2,1-2H3;1H. The van der Waals surface area contributed by atoms with Crippen molar-refractivity contribution in [3.63, 3.8) is 0 Å². The fourth-order valence-electron chi connectivity index (χ4n) is 3.57. The largest absolute Gasteiger partial charge is 0.316 e. The minimum absolute atomic E-state index is 0. The van der Waals surface area contributed by atoms with E-state index in [1.807, 2.05) is 18.7 Å². The first-order chi connectivity index (χ1) is 11.5. The molecule has 0 bridgehead atoms. The second kappa shape index (κ2) is 8.03. The van der Waals surface area contributed by atoms with Crippen molar-refractivity contribution in [3.8, 4) is 0 Å². The number of rotatable bonds is 5. The van der Waals surface area contributed by atoms with Crippen LogP contribution in [0.25, 0.3) is 0 Å². The lowest BCUT2D eigenvalue weighted by molar-refractivity contribution is -0.121. The number of nitrogens with zero attached hydrogens (tertiary/aromatic N) is 2. The molecule has 25 heavy (non-hydrogen) atoms. The molecule has 2 aliphatic heterocycles. The average molecular weight is 388 g/mol. The molecular weight excluding hydrogens is 362 g/mol. The first-order valence-electron chi connectivity index (χ1n) is 8.64. The van der Waals surface area contributed by atoms with Gasteiger partial charge in [0.05, 0.1) is 10.8 Å². The highest BCUT2D eigenvalue weighted by atomic mass is 35.5. The molecule has 1 aromatic carbocycles. The summed E-state index contributed by atoms with van der Waals surface area (Å²) in [6.07, 6.45) is 1.59. The Morgan fingerprint density at radius 1 is 1.32 bits per heavy atom. The smallest absolute Gasteiger partial charge is 0.243 e. The quantitative estimate of drug-likeness (QED) is 0.833. The third kappa shape index (κ3) is 3.69. The molecule has 0 aromatic heterocycles. The minimum Gasteiger partial charge on any atom is -0.316 e. The van der Waals surface area contributed by atoms with Crippen LogP contribution in [0.1, 0.15) is 25.8 Å². The minimum atomic E-state index is -3.46. The lowest BCUT2D eigenvalue weighted by Crippen LogP contribution is -2.35. The molecule has 0 spiro atoms. The van der Waals surface area contributed by atoms with Crippen LogP contribution in [-0.2, 0) is 21.2 Å². The van der Waals surface area contributed by atoms with E-state index >= 15 is 0 Å². The summed E-state index contributed by atoms with van der Waals surface area (Å²) in [5.41, 5.74) is 1.81. The molecule has 3 rings (SSSR count). The number of hydrogen-bond acceptors (Lipinski definition) is 4. The van der Waals surface area contributed by atoms with Crippen LogP contribution < -0.4 is 10.2 Å². The number of fused-ring (bicyclic) bond motifs is 1. The Morgan fingerprint density at radius 3 is 2.64 bits per heavy atom. The van der Waals surface area contributed by atoms with E-state index in [1.54, 1.807) is 18.2 Å². The second-order valence-corrected chi connectivity index (χ2v) is 8.25. The highest BCUT2D eigenvalue weighted by Gasteiger charge is 2.33.